The first-order valence-corrected chi connectivity index (χ1v) is 18.3. The van der Waals surface area contributed by atoms with Crippen LogP contribution >= 0.6 is 0 Å². The summed E-state index contributed by atoms with van der Waals surface area (Å²) in [6.07, 6.45) is 3.58. The number of rotatable bonds is 14. The lowest BCUT2D eigenvalue weighted by atomic mass is 10.0. The molecule has 0 saturated carbocycles. The Morgan fingerprint density at radius 2 is 1.11 bits per heavy atom. The molecule has 8 nitrogen and oxygen atoms in total. The molecule has 2 heterocycles. The molecule has 0 spiro atoms. The topological polar surface area (TPSA) is 116 Å². The molecule has 0 saturated heterocycles. The predicted molar refractivity (Wildman–Crippen MR) is 213 cm³/mol. The van der Waals surface area contributed by atoms with Gasteiger partial charge in [0.2, 0.25) is 11.8 Å². The molecule has 2 amide bonds. The van der Waals surface area contributed by atoms with Crippen LogP contribution in [0.3, 0.4) is 0 Å². The van der Waals surface area contributed by atoms with Crippen molar-refractivity contribution in [1.82, 2.24) is 25.9 Å². The molecule has 0 aliphatic carbocycles. The molecular weight excluding hydrogens is 716 g/mol. The normalized spacial score (nSPS) is 10.3. The average Bonchev–Trinajstić information content (AvgIpc) is 3.22. The summed E-state index contributed by atoms with van der Waals surface area (Å²) in [7, 11) is 0. The average molecular weight is 762 g/mol. The maximum absolute atomic E-state index is 14.4. The SMILES string of the molecule is CC.O=C(Cc1ccc(-c2ccc(CNCCO)cc2F)cn1)NCc1cccc(F)c1.O=C(Cc1ccc(-c2ccccc2)cn1)NCc1cccc(F)c1. The molecular formula is C45H46F3N5O3. The van der Waals surface area contributed by atoms with Crippen LogP contribution in [-0.4, -0.2) is 40.0 Å². The van der Waals surface area contributed by atoms with Crippen LogP contribution in [0.2, 0.25) is 0 Å². The highest BCUT2D eigenvalue weighted by atomic mass is 19.1. The third kappa shape index (κ3) is 14.2. The van der Waals surface area contributed by atoms with Crippen LogP contribution in [0.1, 0.15) is 41.9 Å². The summed E-state index contributed by atoms with van der Waals surface area (Å²) in [5, 5.41) is 17.3. The van der Waals surface area contributed by atoms with Gasteiger partial charge in [-0.1, -0.05) is 92.7 Å². The number of nitrogens with zero attached hydrogens (tertiary/aromatic N) is 2. The lowest BCUT2D eigenvalue weighted by Gasteiger charge is -2.08. The van der Waals surface area contributed by atoms with Crippen molar-refractivity contribution < 1.29 is 27.9 Å². The minimum Gasteiger partial charge on any atom is -0.395 e. The highest BCUT2D eigenvalue weighted by molar-refractivity contribution is 5.79. The van der Waals surface area contributed by atoms with Gasteiger partial charge in [-0.25, -0.2) is 13.2 Å². The second-order valence-electron chi connectivity index (χ2n) is 12.3. The summed E-state index contributed by atoms with van der Waals surface area (Å²) in [5.74, 6) is -1.38. The van der Waals surface area contributed by atoms with Gasteiger partial charge in [0.1, 0.15) is 17.5 Å². The largest absolute Gasteiger partial charge is 0.395 e. The Bertz CT molecular complexity index is 2120. The van der Waals surface area contributed by atoms with E-state index in [-0.39, 0.29) is 55.3 Å². The number of hydrogen-bond donors (Lipinski definition) is 4. The van der Waals surface area contributed by atoms with Gasteiger partial charge in [-0.05, 0) is 64.7 Å². The molecule has 2 aromatic heterocycles. The molecule has 0 aliphatic rings. The molecule has 0 unspecified atom stereocenters. The first kappa shape index (κ1) is 42.6. The van der Waals surface area contributed by atoms with E-state index in [2.05, 4.69) is 25.9 Å². The van der Waals surface area contributed by atoms with Crippen molar-refractivity contribution in [3.8, 4) is 22.3 Å². The maximum atomic E-state index is 14.4. The van der Waals surface area contributed by atoms with E-state index in [0.717, 1.165) is 22.3 Å². The Hall–Kier alpha value is -6.17. The highest BCUT2D eigenvalue weighted by Gasteiger charge is 2.10. The van der Waals surface area contributed by atoms with Crippen molar-refractivity contribution >= 4 is 11.8 Å². The summed E-state index contributed by atoms with van der Waals surface area (Å²) in [4.78, 5) is 32.7. The van der Waals surface area contributed by atoms with Crippen LogP contribution in [0.5, 0.6) is 0 Å². The third-order valence-electron chi connectivity index (χ3n) is 8.16. The van der Waals surface area contributed by atoms with E-state index in [1.165, 1.54) is 36.5 Å². The van der Waals surface area contributed by atoms with E-state index < -0.39 is 0 Å². The zero-order valence-electron chi connectivity index (χ0n) is 31.4. The van der Waals surface area contributed by atoms with Gasteiger partial charge < -0.3 is 21.1 Å². The van der Waals surface area contributed by atoms with E-state index >= 15 is 0 Å². The molecule has 0 aliphatic heterocycles. The van der Waals surface area contributed by atoms with Crippen molar-refractivity contribution in [3.05, 3.63) is 179 Å². The highest BCUT2D eigenvalue weighted by Crippen LogP contribution is 2.23. The second-order valence-corrected chi connectivity index (χ2v) is 12.3. The Labute approximate surface area is 325 Å². The van der Waals surface area contributed by atoms with Crippen molar-refractivity contribution in [3.63, 3.8) is 0 Å². The molecule has 11 heteroatoms. The molecule has 4 aromatic carbocycles. The number of pyridine rings is 2. The molecule has 0 radical (unpaired) electrons. The molecule has 6 aromatic rings. The van der Waals surface area contributed by atoms with Gasteiger partial charge in [0.25, 0.3) is 0 Å². The first-order valence-electron chi connectivity index (χ1n) is 18.3. The van der Waals surface area contributed by atoms with Crippen LogP contribution in [0.25, 0.3) is 22.3 Å². The van der Waals surface area contributed by atoms with E-state index in [4.69, 9.17) is 5.11 Å². The predicted octanol–water partition coefficient (Wildman–Crippen LogP) is 7.74. The number of aliphatic hydroxyl groups is 1. The van der Waals surface area contributed by atoms with Gasteiger partial charge in [-0.2, -0.15) is 0 Å². The van der Waals surface area contributed by atoms with Crippen LogP contribution in [-0.2, 0) is 42.1 Å². The molecule has 6 rings (SSSR count). The Balaban J connectivity index is 0.000000243. The third-order valence-corrected chi connectivity index (χ3v) is 8.16. The van der Waals surface area contributed by atoms with E-state index in [9.17, 15) is 22.8 Å². The quantitative estimate of drug-likeness (QED) is 0.0845. The fraction of sp³-hybridized carbons (Fsp3) is 0.200. The van der Waals surface area contributed by atoms with E-state index in [1.807, 2.05) is 62.4 Å². The van der Waals surface area contributed by atoms with Gasteiger partial charge >= 0.3 is 0 Å². The first-order chi connectivity index (χ1) is 27.2. The van der Waals surface area contributed by atoms with Gasteiger partial charge in [0.15, 0.2) is 0 Å². The Kier molecular flexibility index (Phi) is 17.4. The van der Waals surface area contributed by atoms with Crippen molar-refractivity contribution in [2.75, 3.05) is 13.2 Å². The summed E-state index contributed by atoms with van der Waals surface area (Å²) in [5.41, 5.74) is 6.60. The number of nitrogens with one attached hydrogen (secondary N) is 3. The van der Waals surface area contributed by atoms with Crippen molar-refractivity contribution in [2.24, 2.45) is 0 Å². The van der Waals surface area contributed by atoms with E-state index in [1.54, 1.807) is 48.7 Å². The lowest BCUT2D eigenvalue weighted by molar-refractivity contribution is -0.121. The number of carbonyl (C=O) groups is 2. The fourth-order valence-electron chi connectivity index (χ4n) is 5.38. The fourth-order valence-corrected chi connectivity index (χ4v) is 5.38. The number of halogens is 3. The Morgan fingerprint density at radius 3 is 1.59 bits per heavy atom. The summed E-state index contributed by atoms with van der Waals surface area (Å²) in [6, 6.07) is 34.4. The van der Waals surface area contributed by atoms with Crippen molar-refractivity contribution in [1.29, 1.82) is 0 Å². The molecule has 290 valence electrons. The van der Waals surface area contributed by atoms with Crippen LogP contribution in [0, 0.1) is 17.5 Å². The number of amides is 2. The van der Waals surface area contributed by atoms with Crippen LogP contribution < -0.4 is 16.0 Å². The van der Waals surface area contributed by atoms with Gasteiger partial charge in [-0.15, -0.1) is 0 Å². The van der Waals surface area contributed by atoms with Gasteiger partial charge in [-0.3, -0.25) is 19.6 Å². The second kappa shape index (κ2) is 22.9. The summed E-state index contributed by atoms with van der Waals surface area (Å²) >= 11 is 0. The van der Waals surface area contributed by atoms with Gasteiger partial charge in [0.05, 0.1) is 19.4 Å². The molecule has 0 atom stereocenters. The van der Waals surface area contributed by atoms with Crippen LogP contribution in [0.4, 0.5) is 13.2 Å². The minimum atomic E-state index is -0.360. The number of aliphatic hydroxyl groups excluding tert-OH is 1. The monoisotopic (exact) mass is 761 g/mol. The Morgan fingerprint density at radius 1 is 0.571 bits per heavy atom. The number of carbonyl (C=O) groups excluding carboxylic acids is 2. The standard InChI is InChI=1S/C23H23F2N3O2.C20H17FN2O.C2H6/c24-19-3-1-2-16(10-19)14-28-23(30)12-20-6-5-18(15-27-20)21-7-4-17(11-22(21)25)13-26-8-9-29;21-18-8-4-5-15(11-18)13-23-20(24)12-19-10-9-17(14-22-19)16-6-2-1-3-7-16;1-2/h1-7,10-11,15,26,29H,8-9,12-14H2,(H,28,30);1-11,14H,12-13H2,(H,23,24);1-2H3. The zero-order chi connectivity index (χ0) is 40.1. The number of aromatic nitrogens is 2. The van der Waals surface area contributed by atoms with Gasteiger partial charge in [0, 0.05) is 66.7 Å². The smallest absolute Gasteiger partial charge is 0.226 e. The number of hydrogen-bond acceptors (Lipinski definition) is 6. The summed E-state index contributed by atoms with van der Waals surface area (Å²) in [6.45, 7) is 5.49. The zero-order valence-corrected chi connectivity index (χ0v) is 31.4. The van der Waals surface area contributed by atoms with Crippen molar-refractivity contribution in [2.45, 2.75) is 46.3 Å². The molecule has 0 fully saturated rings. The summed E-state index contributed by atoms with van der Waals surface area (Å²) < 4.78 is 40.7. The molecule has 4 N–H and O–H groups in total. The number of benzene rings is 4. The maximum Gasteiger partial charge on any atom is 0.226 e. The van der Waals surface area contributed by atoms with Crippen LogP contribution in [0.15, 0.2) is 134 Å². The molecule has 56 heavy (non-hydrogen) atoms. The van der Waals surface area contributed by atoms with E-state index in [0.29, 0.717) is 47.7 Å². The lowest BCUT2D eigenvalue weighted by Crippen LogP contribution is -2.24. The minimum absolute atomic E-state index is 0.0292. The molecule has 0 bridgehead atoms.